The summed E-state index contributed by atoms with van der Waals surface area (Å²) in [4.78, 5) is 13.5. The number of carboxylic acid groups (broad SMARTS) is 1. The van der Waals surface area contributed by atoms with Crippen molar-refractivity contribution >= 4 is 5.97 Å². The Labute approximate surface area is 98.0 Å². The van der Waals surface area contributed by atoms with Crippen LogP contribution in [-0.2, 0) is 4.79 Å². The monoisotopic (exact) mass is 228 g/mol. The largest absolute Gasteiger partial charge is 0.480 e. The second-order valence-corrected chi connectivity index (χ2v) is 5.34. The first kappa shape index (κ1) is 13.5. The highest BCUT2D eigenvalue weighted by Crippen LogP contribution is 2.23. The first-order chi connectivity index (χ1) is 7.39. The number of nitrogens with zero attached hydrogens (tertiary/aromatic N) is 1. The van der Waals surface area contributed by atoms with Gasteiger partial charge in [-0.05, 0) is 46.2 Å². The lowest BCUT2D eigenvalue weighted by Crippen LogP contribution is -2.58. The molecule has 0 aromatic rings. The van der Waals surface area contributed by atoms with Crippen molar-refractivity contribution in [2.24, 2.45) is 5.92 Å². The molecular weight excluding hydrogens is 204 g/mol. The zero-order valence-corrected chi connectivity index (χ0v) is 10.8. The molecule has 0 aliphatic carbocycles. The molecular formula is C12H24N2O2. The molecule has 94 valence electrons. The van der Waals surface area contributed by atoms with E-state index < -0.39 is 11.5 Å². The molecule has 0 aromatic carbocycles. The van der Waals surface area contributed by atoms with Gasteiger partial charge in [-0.2, -0.15) is 0 Å². The quantitative estimate of drug-likeness (QED) is 0.758. The van der Waals surface area contributed by atoms with Gasteiger partial charge in [-0.1, -0.05) is 6.92 Å². The van der Waals surface area contributed by atoms with E-state index in [4.69, 9.17) is 0 Å². The lowest BCUT2D eigenvalue weighted by atomic mass is 9.91. The van der Waals surface area contributed by atoms with Crippen molar-refractivity contribution in [2.75, 3.05) is 20.1 Å². The minimum absolute atomic E-state index is 0.482. The van der Waals surface area contributed by atoms with E-state index in [1.54, 1.807) is 14.0 Å². The third-order valence-corrected chi connectivity index (χ3v) is 3.82. The van der Waals surface area contributed by atoms with Crippen molar-refractivity contribution in [1.82, 2.24) is 10.2 Å². The molecule has 1 aliphatic rings. The minimum atomic E-state index is -0.838. The summed E-state index contributed by atoms with van der Waals surface area (Å²) in [5.41, 5.74) is -0.838. The maximum Gasteiger partial charge on any atom is 0.324 e. The molecule has 16 heavy (non-hydrogen) atoms. The van der Waals surface area contributed by atoms with Gasteiger partial charge < -0.3 is 10.4 Å². The number of rotatable bonds is 4. The standard InChI is InChI=1S/C12H24N2O2/c1-9-5-6-14(10(2)7-9)8-12(3,13-4)11(15)16/h9-10,13H,5-8H2,1-4H3,(H,15,16). The van der Waals surface area contributed by atoms with Crippen LogP contribution in [-0.4, -0.2) is 47.7 Å². The Kier molecular flexibility index (Phi) is 4.33. The zero-order valence-electron chi connectivity index (χ0n) is 10.8. The Morgan fingerprint density at radius 3 is 2.62 bits per heavy atom. The molecule has 0 radical (unpaired) electrons. The molecule has 1 saturated heterocycles. The van der Waals surface area contributed by atoms with Gasteiger partial charge in [0.2, 0.25) is 0 Å². The van der Waals surface area contributed by atoms with Gasteiger partial charge in [0, 0.05) is 12.6 Å². The highest BCUT2D eigenvalue weighted by molar-refractivity contribution is 5.78. The topological polar surface area (TPSA) is 52.6 Å². The maximum atomic E-state index is 11.2. The van der Waals surface area contributed by atoms with Crippen molar-refractivity contribution in [1.29, 1.82) is 0 Å². The van der Waals surface area contributed by atoms with Crippen LogP contribution in [0.5, 0.6) is 0 Å². The summed E-state index contributed by atoms with van der Waals surface area (Å²) >= 11 is 0. The fraction of sp³-hybridized carbons (Fsp3) is 0.917. The number of carboxylic acids is 1. The van der Waals surface area contributed by atoms with Gasteiger partial charge in [-0.15, -0.1) is 0 Å². The lowest BCUT2D eigenvalue weighted by Gasteiger charge is -2.40. The Hall–Kier alpha value is -0.610. The van der Waals surface area contributed by atoms with Gasteiger partial charge in [0.05, 0.1) is 0 Å². The summed E-state index contributed by atoms with van der Waals surface area (Å²) in [5.74, 6) is -0.0160. The van der Waals surface area contributed by atoms with Gasteiger partial charge in [0.25, 0.3) is 0 Å². The van der Waals surface area contributed by atoms with Gasteiger partial charge in [0.1, 0.15) is 5.54 Å². The van der Waals surface area contributed by atoms with E-state index in [9.17, 15) is 9.90 Å². The van der Waals surface area contributed by atoms with E-state index in [0.717, 1.165) is 12.5 Å². The van der Waals surface area contributed by atoms with Crippen LogP contribution in [0.2, 0.25) is 0 Å². The highest BCUT2D eigenvalue weighted by atomic mass is 16.4. The maximum absolute atomic E-state index is 11.2. The van der Waals surface area contributed by atoms with Crippen LogP contribution in [0.3, 0.4) is 0 Å². The van der Waals surface area contributed by atoms with Crippen LogP contribution in [0.15, 0.2) is 0 Å². The Morgan fingerprint density at radius 2 is 2.19 bits per heavy atom. The minimum Gasteiger partial charge on any atom is -0.480 e. The van der Waals surface area contributed by atoms with Gasteiger partial charge in [-0.3, -0.25) is 9.69 Å². The Bertz CT molecular complexity index is 257. The van der Waals surface area contributed by atoms with E-state index in [0.29, 0.717) is 12.6 Å². The van der Waals surface area contributed by atoms with Gasteiger partial charge in [0.15, 0.2) is 0 Å². The first-order valence-electron chi connectivity index (χ1n) is 6.05. The molecule has 2 N–H and O–H groups in total. The third kappa shape index (κ3) is 2.95. The molecule has 4 heteroatoms. The molecule has 0 bridgehead atoms. The van der Waals surface area contributed by atoms with Crippen molar-refractivity contribution in [2.45, 2.75) is 45.2 Å². The number of hydrogen-bond acceptors (Lipinski definition) is 3. The summed E-state index contributed by atoms with van der Waals surface area (Å²) < 4.78 is 0. The summed E-state index contributed by atoms with van der Waals surface area (Å²) in [6.45, 7) is 7.79. The fourth-order valence-electron chi connectivity index (χ4n) is 2.35. The smallest absolute Gasteiger partial charge is 0.324 e. The van der Waals surface area contributed by atoms with Crippen molar-refractivity contribution in [3.05, 3.63) is 0 Å². The molecule has 0 spiro atoms. The molecule has 1 rings (SSSR count). The third-order valence-electron chi connectivity index (χ3n) is 3.82. The Morgan fingerprint density at radius 1 is 1.56 bits per heavy atom. The highest BCUT2D eigenvalue weighted by Gasteiger charge is 2.36. The van der Waals surface area contributed by atoms with E-state index in [2.05, 4.69) is 24.1 Å². The molecule has 0 aromatic heterocycles. The number of carbonyl (C=O) groups is 1. The molecule has 0 saturated carbocycles. The number of piperidine rings is 1. The van der Waals surface area contributed by atoms with E-state index in [1.165, 1.54) is 12.8 Å². The average Bonchev–Trinajstić information content (AvgIpc) is 2.22. The summed E-state index contributed by atoms with van der Waals surface area (Å²) in [5, 5.41) is 12.1. The molecule has 4 nitrogen and oxygen atoms in total. The second-order valence-electron chi connectivity index (χ2n) is 5.34. The molecule has 3 atom stereocenters. The predicted octanol–water partition coefficient (Wildman–Crippen LogP) is 1.17. The second kappa shape index (κ2) is 5.15. The van der Waals surface area contributed by atoms with Crippen molar-refractivity contribution < 1.29 is 9.90 Å². The average molecular weight is 228 g/mol. The summed E-state index contributed by atoms with van der Waals surface area (Å²) in [6, 6.07) is 0.482. The van der Waals surface area contributed by atoms with E-state index in [-0.39, 0.29) is 0 Å². The van der Waals surface area contributed by atoms with Crippen LogP contribution in [0.1, 0.15) is 33.6 Å². The summed E-state index contributed by atoms with van der Waals surface area (Å²) in [7, 11) is 1.71. The van der Waals surface area contributed by atoms with Crippen LogP contribution in [0, 0.1) is 5.92 Å². The van der Waals surface area contributed by atoms with Gasteiger partial charge in [-0.25, -0.2) is 0 Å². The fourth-order valence-corrected chi connectivity index (χ4v) is 2.35. The van der Waals surface area contributed by atoms with E-state index >= 15 is 0 Å². The molecule has 3 unspecified atom stereocenters. The number of aliphatic carboxylic acids is 1. The van der Waals surface area contributed by atoms with Crippen LogP contribution >= 0.6 is 0 Å². The molecule has 1 aliphatic heterocycles. The molecule has 0 amide bonds. The molecule has 1 fully saturated rings. The lowest BCUT2D eigenvalue weighted by molar-refractivity contribution is -0.145. The predicted molar refractivity (Wildman–Crippen MR) is 64.5 cm³/mol. The SMILES string of the molecule is CNC(C)(CN1CCC(C)CC1C)C(=O)O. The van der Waals surface area contributed by atoms with E-state index in [1.807, 2.05) is 0 Å². The Balaban J connectivity index is 2.62. The number of likely N-dealkylation sites (tertiary alicyclic amines) is 1. The van der Waals surface area contributed by atoms with Crippen LogP contribution in [0.25, 0.3) is 0 Å². The molecule has 1 heterocycles. The number of likely N-dealkylation sites (N-methyl/N-ethyl adjacent to an activating group) is 1. The van der Waals surface area contributed by atoms with Crippen molar-refractivity contribution in [3.8, 4) is 0 Å². The van der Waals surface area contributed by atoms with Crippen molar-refractivity contribution in [3.63, 3.8) is 0 Å². The summed E-state index contributed by atoms with van der Waals surface area (Å²) in [6.07, 6.45) is 2.34. The number of nitrogens with one attached hydrogen (secondary N) is 1. The normalized spacial score (nSPS) is 31.0. The zero-order chi connectivity index (χ0) is 12.3. The van der Waals surface area contributed by atoms with Crippen LogP contribution < -0.4 is 5.32 Å². The first-order valence-corrected chi connectivity index (χ1v) is 6.05. The van der Waals surface area contributed by atoms with Crippen LogP contribution in [0.4, 0.5) is 0 Å². The van der Waals surface area contributed by atoms with Gasteiger partial charge >= 0.3 is 5.97 Å². The number of hydrogen-bond donors (Lipinski definition) is 2.